The lowest BCUT2D eigenvalue weighted by atomic mass is 10.0. The molecular formula is C13H17N3. The maximum atomic E-state index is 5.45. The number of pyridine rings is 1. The summed E-state index contributed by atoms with van der Waals surface area (Å²) in [5.74, 6) is 6.85. The Labute approximate surface area is 95.7 Å². The molecule has 0 aliphatic carbocycles. The number of aromatic nitrogens is 1. The summed E-state index contributed by atoms with van der Waals surface area (Å²) in [6.07, 6.45) is 2.84. The third-order valence-electron chi connectivity index (χ3n) is 2.61. The summed E-state index contributed by atoms with van der Waals surface area (Å²) in [5, 5.41) is 2.25. The highest BCUT2D eigenvalue weighted by Gasteiger charge is 2.03. The minimum absolute atomic E-state index is 0.656. The normalized spacial score (nSPS) is 11.0. The molecule has 0 unspecified atom stereocenters. The van der Waals surface area contributed by atoms with Crippen molar-refractivity contribution in [2.75, 3.05) is 5.43 Å². The topological polar surface area (TPSA) is 50.9 Å². The molecule has 0 aliphatic heterocycles. The van der Waals surface area contributed by atoms with Crippen LogP contribution in [0, 0.1) is 5.92 Å². The van der Waals surface area contributed by atoms with Crippen LogP contribution in [-0.2, 0) is 6.42 Å². The highest BCUT2D eigenvalue weighted by atomic mass is 15.2. The van der Waals surface area contributed by atoms with Gasteiger partial charge in [0, 0.05) is 11.6 Å². The minimum atomic E-state index is 0.656. The number of anilines is 1. The first kappa shape index (κ1) is 10.9. The summed E-state index contributed by atoms with van der Waals surface area (Å²) in [4.78, 5) is 4.21. The van der Waals surface area contributed by atoms with Gasteiger partial charge in [-0.1, -0.05) is 26.0 Å². The lowest BCUT2D eigenvalue weighted by Crippen LogP contribution is -2.08. The second-order valence-corrected chi connectivity index (χ2v) is 4.46. The minimum Gasteiger partial charge on any atom is -0.308 e. The zero-order valence-electron chi connectivity index (χ0n) is 9.70. The van der Waals surface area contributed by atoms with E-state index in [0.717, 1.165) is 23.0 Å². The van der Waals surface area contributed by atoms with E-state index in [1.807, 2.05) is 6.07 Å². The molecule has 0 amide bonds. The van der Waals surface area contributed by atoms with E-state index in [0.29, 0.717) is 5.92 Å². The molecule has 16 heavy (non-hydrogen) atoms. The maximum absolute atomic E-state index is 5.45. The van der Waals surface area contributed by atoms with Crippen molar-refractivity contribution in [3.8, 4) is 0 Å². The van der Waals surface area contributed by atoms with Crippen molar-refractivity contribution < 1.29 is 0 Å². The van der Waals surface area contributed by atoms with Gasteiger partial charge in [0.2, 0.25) is 0 Å². The molecule has 0 fully saturated rings. The summed E-state index contributed by atoms with van der Waals surface area (Å²) in [5.41, 5.74) is 3.97. The summed E-state index contributed by atoms with van der Waals surface area (Å²) < 4.78 is 0. The monoisotopic (exact) mass is 215 g/mol. The van der Waals surface area contributed by atoms with Crippen molar-refractivity contribution in [3.63, 3.8) is 0 Å². The van der Waals surface area contributed by atoms with Gasteiger partial charge in [-0.2, -0.15) is 0 Å². The molecule has 1 heterocycles. The van der Waals surface area contributed by atoms with Crippen LogP contribution in [0.25, 0.3) is 10.8 Å². The lowest BCUT2D eigenvalue weighted by molar-refractivity contribution is 0.648. The van der Waals surface area contributed by atoms with Crippen molar-refractivity contribution in [1.82, 2.24) is 4.98 Å². The Morgan fingerprint density at radius 1 is 1.31 bits per heavy atom. The number of rotatable bonds is 3. The molecule has 0 bridgehead atoms. The van der Waals surface area contributed by atoms with Crippen molar-refractivity contribution in [1.29, 1.82) is 0 Å². The molecule has 1 aromatic carbocycles. The third-order valence-corrected chi connectivity index (χ3v) is 2.61. The van der Waals surface area contributed by atoms with Crippen LogP contribution in [0.15, 0.2) is 30.5 Å². The Hall–Kier alpha value is -1.61. The molecule has 2 rings (SSSR count). The van der Waals surface area contributed by atoms with E-state index in [1.165, 1.54) is 5.56 Å². The third kappa shape index (κ3) is 2.14. The van der Waals surface area contributed by atoms with Gasteiger partial charge in [0.1, 0.15) is 5.82 Å². The number of hydrogen-bond donors (Lipinski definition) is 2. The van der Waals surface area contributed by atoms with Crippen LogP contribution in [-0.4, -0.2) is 4.98 Å². The number of nitrogen functional groups attached to an aromatic ring is 1. The van der Waals surface area contributed by atoms with Crippen LogP contribution >= 0.6 is 0 Å². The summed E-state index contributed by atoms with van der Waals surface area (Å²) >= 11 is 0. The Morgan fingerprint density at radius 2 is 2.12 bits per heavy atom. The van der Waals surface area contributed by atoms with E-state index in [9.17, 15) is 0 Å². The summed E-state index contributed by atoms with van der Waals surface area (Å²) in [6.45, 7) is 4.44. The van der Waals surface area contributed by atoms with Gasteiger partial charge in [-0.05, 0) is 35.4 Å². The highest BCUT2D eigenvalue weighted by molar-refractivity contribution is 5.92. The van der Waals surface area contributed by atoms with Gasteiger partial charge in [0.05, 0.1) is 0 Å². The van der Waals surface area contributed by atoms with E-state index >= 15 is 0 Å². The van der Waals surface area contributed by atoms with E-state index in [1.54, 1.807) is 6.20 Å². The van der Waals surface area contributed by atoms with Gasteiger partial charge in [0.25, 0.3) is 0 Å². The second kappa shape index (κ2) is 4.49. The number of nitrogens with zero attached hydrogens (tertiary/aromatic N) is 1. The fourth-order valence-electron chi connectivity index (χ4n) is 1.93. The van der Waals surface area contributed by atoms with Gasteiger partial charge >= 0.3 is 0 Å². The Bertz CT molecular complexity index is 492. The maximum Gasteiger partial charge on any atom is 0.147 e. The fraction of sp³-hybridized carbons (Fsp3) is 0.308. The van der Waals surface area contributed by atoms with Crippen LogP contribution in [0.4, 0.5) is 5.82 Å². The number of benzene rings is 1. The molecule has 2 aromatic rings. The smallest absolute Gasteiger partial charge is 0.147 e. The predicted molar refractivity (Wildman–Crippen MR) is 68.1 cm³/mol. The average Bonchev–Trinajstić information content (AvgIpc) is 2.27. The van der Waals surface area contributed by atoms with E-state index in [-0.39, 0.29) is 0 Å². The van der Waals surface area contributed by atoms with E-state index in [4.69, 9.17) is 5.84 Å². The van der Waals surface area contributed by atoms with Gasteiger partial charge in [-0.25, -0.2) is 10.8 Å². The van der Waals surface area contributed by atoms with Gasteiger partial charge in [0.15, 0.2) is 0 Å². The molecule has 0 saturated heterocycles. The Kier molecular flexibility index (Phi) is 3.06. The molecule has 0 spiro atoms. The first-order chi connectivity index (χ1) is 7.70. The number of nitrogens with one attached hydrogen (secondary N) is 1. The zero-order chi connectivity index (χ0) is 11.5. The largest absolute Gasteiger partial charge is 0.308 e. The molecule has 0 atom stereocenters. The van der Waals surface area contributed by atoms with Crippen LogP contribution in [0.2, 0.25) is 0 Å². The van der Waals surface area contributed by atoms with Gasteiger partial charge < -0.3 is 5.43 Å². The molecule has 1 aromatic heterocycles. The van der Waals surface area contributed by atoms with Crippen LogP contribution in [0.1, 0.15) is 19.4 Å². The second-order valence-electron chi connectivity index (χ2n) is 4.46. The van der Waals surface area contributed by atoms with Crippen molar-refractivity contribution >= 4 is 16.6 Å². The Balaban J connectivity index is 2.50. The molecule has 84 valence electrons. The summed E-state index contributed by atoms with van der Waals surface area (Å²) in [6, 6.07) is 8.45. The van der Waals surface area contributed by atoms with Crippen LogP contribution in [0.3, 0.4) is 0 Å². The van der Waals surface area contributed by atoms with Crippen molar-refractivity contribution in [3.05, 3.63) is 36.0 Å². The standard InChI is InChI=1S/C13H17N3/c1-9(2)7-10-3-4-11-5-6-15-13(16-14)12(11)8-10/h3-6,8-9H,7,14H2,1-2H3,(H,15,16). The Morgan fingerprint density at radius 3 is 2.81 bits per heavy atom. The SMILES string of the molecule is CC(C)Cc1ccc2ccnc(NN)c2c1. The number of fused-ring (bicyclic) bond motifs is 1. The fourth-order valence-corrected chi connectivity index (χ4v) is 1.93. The van der Waals surface area contributed by atoms with Crippen molar-refractivity contribution in [2.45, 2.75) is 20.3 Å². The molecule has 3 nitrogen and oxygen atoms in total. The van der Waals surface area contributed by atoms with E-state index in [2.05, 4.69) is 42.5 Å². The number of nitrogens with two attached hydrogens (primary N) is 1. The van der Waals surface area contributed by atoms with Crippen molar-refractivity contribution in [2.24, 2.45) is 11.8 Å². The molecule has 0 saturated carbocycles. The van der Waals surface area contributed by atoms with Crippen LogP contribution in [0.5, 0.6) is 0 Å². The molecule has 0 aliphatic rings. The number of hydrogen-bond acceptors (Lipinski definition) is 3. The van der Waals surface area contributed by atoms with Crippen LogP contribution < -0.4 is 11.3 Å². The molecular weight excluding hydrogens is 198 g/mol. The first-order valence-electron chi connectivity index (χ1n) is 5.55. The molecule has 3 N–H and O–H groups in total. The molecule has 0 radical (unpaired) electrons. The van der Waals surface area contributed by atoms with E-state index < -0.39 is 0 Å². The first-order valence-corrected chi connectivity index (χ1v) is 5.55. The quantitative estimate of drug-likeness (QED) is 0.611. The lowest BCUT2D eigenvalue weighted by Gasteiger charge is -2.08. The predicted octanol–water partition coefficient (Wildman–Crippen LogP) is 2.72. The number of hydrazine groups is 1. The summed E-state index contributed by atoms with van der Waals surface area (Å²) in [7, 11) is 0. The highest BCUT2D eigenvalue weighted by Crippen LogP contribution is 2.22. The van der Waals surface area contributed by atoms with Gasteiger partial charge in [-0.15, -0.1) is 0 Å². The van der Waals surface area contributed by atoms with Gasteiger partial charge in [-0.3, -0.25) is 0 Å². The zero-order valence-corrected chi connectivity index (χ0v) is 9.70. The average molecular weight is 215 g/mol. The molecule has 3 heteroatoms.